The van der Waals surface area contributed by atoms with Crippen LogP contribution in [0.5, 0.6) is 0 Å². The van der Waals surface area contributed by atoms with E-state index < -0.39 is 0 Å². The zero-order valence-corrected chi connectivity index (χ0v) is 8.35. The van der Waals surface area contributed by atoms with Crippen LogP contribution in [0.15, 0.2) is 12.4 Å². The van der Waals surface area contributed by atoms with Crippen molar-refractivity contribution in [1.29, 1.82) is 5.26 Å². The highest BCUT2D eigenvalue weighted by Gasteiger charge is 2.26. The Morgan fingerprint density at radius 2 is 2.43 bits per heavy atom. The first-order valence-corrected chi connectivity index (χ1v) is 4.95. The smallest absolute Gasteiger partial charge is 0.0772 e. The van der Waals surface area contributed by atoms with Gasteiger partial charge in [-0.05, 0) is 6.54 Å². The van der Waals surface area contributed by atoms with Gasteiger partial charge >= 0.3 is 0 Å². The summed E-state index contributed by atoms with van der Waals surface area (Å²) >= 11 is 0. The summed E-state index contributed by atoms with van der Waals surface area (Å²) in [5.41, 5.74) is 1.02. The van der Waals surface area contributed by atoms with Gasteiger partial charge in [0.15, 0.2) is 0 Å². The first-order valence-electron chi connectivity index (χ1n) is 4.95. The Kier molecular flexibility index (Phi) is 2.51. The monoisotopic (exact) mass is 190 g/mol. The first-order chi connectivity index (χ1) is 6.83. The van der Waals surface area contributed by atoms with E-state index in [0.29, 0.717) is 12.5 Å². The molecule has 1 saturated heterocycles. The molecule has 1 aromatic heterocycles. The van der Waals surface area contributed by atoms with Gasteiger partial charge in [-0.15, -0.1) is 0 Å². The molecule has 1 aliphatic heterocycles. The molecule has 4 heteroatoms. The van der Waals surface area contributed by atoms with Crippen molar-refractivity contribution < 1.29 is 0 Å². The zero-order chi connectivity index (χ0) is 9.97. The summed E-state index contributed by atoms with van der Waals surface area (Å²) in [6.07, 6.45) is 4.24. The van der Waals surface area contributed by atoms with Gasteiger partial charge in [-0.3, -0.25) is 9.58 Å². The predicted octanol–water partition coefficient (Wildman–Crippen LogP) is 0.826. The Hall–Kier alpha value is -1.34. The fourth-order valence-corrected chi connectivity index (χ4v) is 1.73. The molecule has 14 heavy (non-hydrogen) atoms. The van der Waals surface area contributed by atoms with Gasteiger partial charge in [-0.25, -0.2) is 0 Å². The number of nitrogens with zero attached hydrogens (tertiary/aromatic N) is 4. The lowest BCUT2D eigenvalue weighted by Gasteiger charge is -2.38. The van der Waals surface area contributed by atoms with Gasteiger partial charge in [-0.2, -0.15) is 10.4 Å². The highest BCUT2D eigenvalue weighted by Crippen LogP contribution is 2.19. The van der Waals surface area contributed by atoms with E-state index in [1.165, 1.54) is 0 Å². The molecule has 2 rings (SSSR count). The minimum absolute atomic E-state index is 0.463. The van der Waals surface area contributed by atoms with Gasteiger partial charge in [0.1, 0.15) is 0 Å². The third-order valence-corrected chi connectivity index (χ3v) is 2.70. The summed E-state index contributed by atoms with van der Waals surface area (Å²) < 4.78 is 1.98. The lowest BCUT2D eigenvalue weighted by atomic mass is 10.1. The quantitative estimate of drug-likeness (QED) is 0.709. The fraction of sp³-hybridized carbons (Fsp3) is 0.600. The number of rotatable bonds is 3. The second-order valence-electron chi connectivity index (χ2n) is 3.67. The van der Waals surface area contributed by atoms with Crippen molar-refractivity contribution in [2.75, 3.05) is 19.6 Å². The Morgan fingerprint density at radius 1 is 1.64 bits per heavy atom. The van der Waals surface area contributed by atoms with E-state index in [2.05, 4.69) is 23.0 Å². The van der Waals surface area contributed by atoms with Crippen LogP contribution in [-0.2, 0) is 6.42 Å². The number of likely N-dealkylation sites (tertiary alicyclic amines) is 1. The highest BCUT2D eigenvalue weighted by molar-refractivity contribution is 5.10. The number of likely N-dealkylation sites (N-methyl/N-ethyl adjacent to an activating group) is 1. The molecule has 2 heterocycles. The van der Waals surface area contributed by atoms with Crippen molar-refractivity contribution >= 4 is 0 Å². The molecule has 0 amide bonds. The molecule has 0 radical (unpaired) electrons. The standard InChI is InChI=1S/C10H14N4/c1-2-13-7-10(8-13)14-6-9(3-4-11)5-12-14/h5-6,10H,2-3,7-8H2,1H3. The first kappa shape index (κ1) is 9.22. The third-order valence-electron chi connectivity index (χ3n) is 2.70. The predicted molar refractivity (Wildman–Crippen MR) is 52.7 cm³/mol. The van der Waals surface area contributed by atoms with Crippen LogP contribution in [0.25, 0.3) is 0 Å². The maximum Gasteiger partial charge on any atom is 0.0772 e. The Bertz CT molecular complexity index is 343. The molecule has 0 saturated carbocycles. The van der Waals surface area contributed by atoms with Crippen LogP contribution in [0.4, 0.5) is 0 Å². The molecular formula is C10H14N4. The van der Waals surface area contributed by atoms with Crippen LogP contribution < -0.4 is 0 Å². The average molecular weight is 190 g/mol. The topological polar surface area (TPSA) is 44.9 Å². The third kappa shape index (κ3) is 1.64. The molecular weight excluding hydrogens is 176 g/mol. The number of hydrogen-bond donors (Lipinski definition) is 0. The van der Waals surface area contributed by atoms with Crippen molar-refractivity contribution in [3.8, 4) is 6.07 Å². The maximum atomic E-state index is 8.52. The summed E-state index contributed by atoms with van der Waals surface area (Å²) in [6.45, 7) is 5.46. The largest absolute Gasteiger partial charge is 0.299 e. The van der Waals surface area contributed by atoms with E-state index in [9.17, 15) is 0 Å². The van der Waals surface area contributed by atoms with Gasteiger partial charge < -0.3 is 0 Å². The Morgan fingerprint density at radius 3 is 3.07 bits per heavy atom. The number of nitriles is 1. The van der Waals surface area contributed by atoms with Crippen LogP contribution in [0, 0.1) is 11.3 Å². The van der Waals surface area contributed by atoms with E-state index in [4.69, 9.17) is 5.26 Å². The summed E-state index contributed by atoms with van der Waals surface area (Å²) in [7, 11) is 0. The van der Waals surface area contributed by atoms with Crippen LogP contribution in [0.2, 0.25) is 0 Å². The van der Waals surface area contributed by atoms with Crippen molar-refractivity contribution in [2.45, 2.75) is 19.4 Å². The highest BCUT2D eigenvalue weighted by atomic mass is 15.4. The maximum absolute atomic E-state index is 8.52. The number of aromatic nitrogens is 2. The molecule has 0 spiro atoms. The molecule has 74 valence electrons. The normalized spacial score (nSPS) is 17.7. The summed E-state index contributed by atoms with van der Waals surface area (Å²) in [5, 5.41) is 12.8. The minimum atomic E-state index is 0.463. The fourth-order valence-electron chi connectivity index (χ4n) is 1.73. The molecule has 0 atom stereocenters. The lowest BCUT2D eigenvalue weighted by molar-refractivity contribution is 0.105. The summed E-state index contributed by atoms with van der Waals surface area (Å²) in [5.74, 6) is 0. The molecule has 0 unspecified atom stereocenters. The van der Waals surface area contributed by atoms with Crippen molar-refractivity contribution in [3.63, 3.8) is 0 Å². The molecule has 1 aliphatic rings. The summed E-state index contributed by atoms with van der Waals surface area (Å²) in [4.78, 5) is 2.37. The van der Waals surface area contributed by atoms with Crippen molar-refractivity contribution in [2.24, 2.45) is 0 Å². The van der Waals surface area contributed by atoms with E-state index >= 15 is 0 Å². The van der Waals surface area contributed by atoms with Crippen LogP contribution >= 0.6 is 0 Å². The van der Waals surface area contributed by atoms with E-state index in [-0.39, 0.29) is 0 Å². The summed E-state index contributed by atoms with van der Waals surface area (Å²) in [6, 6.07) is 2.64. The van der Waals surface area contributed by atoms with Crippen LogP contribution in [0.1, 0.15) is 18.5 Å². The molecule has 0 N–H and O–H groups in total. The molecule has 0 bridgehead atoms. The van der Waals surface area contributed by atoms with E-state index in [1.807, 2.05) is 10.9 Å². The van der Waals surface area contributed by atoms with Gasteiger partial charge in [0.05, 0.1) is 24.7 Å². The van der Waals surface area contributed by atoms with Gasteiger partial charge in [0.25, 0.3) is 0 Å². The molecule has 1 fully saturated rings. The lowest BCUT2D eigenvalue weighted by Crippen LogP contribution is -2.47. The SMILES string of the molecule is CCN1CC(n2cc(CC#N)cn2)C1. The minimum Gasteiger partial charge on any atom is -0.299 e. The van der Waals surface area contributed by atoms with Crippen molar-refractivity contribution in [1.82, 2.24) is 14.7 Å². The molecule has 0 aliphatic carbocycles. The zero-order valence-electron chi connectivity index (χ0n) is 8.35. The van der Waals surface area contributed by atoms with E-state index in [0.717, 1.165) is 25.2 Å². The van der Waals surface area contributed by atoms with Crippen LogP contribution in [-0.4, -0.2) is 34.3 Å². The second-order valence-corrected chi connectivity index (χ2v) is 3.67. The Labute approximate surface area is 83.7 Å². The van der Waals surface area contributed by atoms with Gasteiger partial charge in [-0.1, -0.05) is 6.92 Å². The van der Waals surface area contributed by atoms with Crippen LogP contribution in [0.3, 0.4) is 0 Å². The van der Waals surface area contributed by atoms with Gasteiger partial charge in [0, 0.05) is 24.8 Å². The van der Waals surface area contributed by atoms with E-state index in [1.54, 1.807) is 6.20 Å². The Balaban J connectivity index is 1.95. The number of hydrogen-bond acceptors (Lipinski definition) is 3. The second kappa shape index (κ2) is 3.81. The molecule has 1 aromatic rings. The van der Waals surface area contributed by atoms with Gasteiger partial charge in [0.2, 0.25) is 0 Å². The molecule has 0 aromatic carbocycles. The average Bonchev–Trinajstić information content (AvgIpc) is 2.52. The van der Waals surface area contributed by atoms with Crippen molar-refractivity contribution in [3.05, 3.63) is 18.0 Å². The molecule has 4 nitrogen and oxygen atoms in total.